The number of hydrogen-bond donors (Lipinski definition) is 2. The summed E-state index contributed by atoms with van der Waals surface area (Å²) in [6, 6.07) is -0.531. The minimum Gasteiger partial charge on any atom is -0.444 e. The van der Waals surface area contributed by atoms with Gasteiger partial charge >= 0.3 is 6.09 Å². The van der Waals surface area contributed by atoms with E-state index in [4.69, 9.17) is 10.5 Å². The summed E-state index contributed by atoms with van der Waals surface area (Å²) >= 11 is 0. The number of hydrogen-bond acceptors (Lipinski definition) is 7. The number of amides is 5. The molecular formula is C27H49ClN4O6. The number of nitrogens with one attached hydrogen (secondary N) is 1. The van der Waals surface area contributed by atoms with Gasteiger partial charge in [0.15, 0.2) is 0 Å². The maximum absolute atomic E-state index is 12.0. The normalized spacial score (nSPS) is 18.7. The van der Waals surface area contributed by atoms with Crippen molar-refractivity contribution >= 4 is 42.1 Å². The van der Waals surface area contributed by atoms with Crippen LogP contribution in [-0.4, -0.2) is 70.3 Å². The maximum atomic E-state index is 12.0. The number of ether oxygens (including phenoxy) is 1. The van der Waals surface area contributed by atoms with Crippen LogP contribution in [0.15, 0.2) is 0 Å². The summed E-state index contributed by atoms with van der Waals surface area (Å²) in [5.74, 6) is -0.495. The second-order valence-electron chi connectivity index (χ2n) is 13.0. The standard InChI is InChI=1S/C16H28N2O4.C11H20N2O2.ClH/c1-15(2,3)11(17-14(21)22-16(4,5)6)10-18-12(19)8-7-9-13(18)20;1-11(2,3)8(12)7-13-9(14)5-4-6-10(13)15;/h11H,7-10H2,1-6H3,(H,17,21);8H,4-7,12H2,1-3H3;1H/t11-;8-;/m11./s1. The monoisotopic (exact) mass is 560 g/mol. The van der Waals surface area contributed by atoms with Crippen LogP contribution in [0.3, 0.4) is 0 Å². The molecule has 0 radical (unpaired) electrons. The van der Waals surface area contributed by atoms with Crippen molar-refractivity contribution in [3.8, 4) is 0 Å². The van der Waals surface area contributed by atoms with E-state index in [1.165, 1.54) is 9.80 Å². The summed E-state index contributed by atoms with van der Waals surface area (Å²) in [7, 11) is 0. The molecule has 2 fully saturated rings. The van der Waals surface area contributed by atoms with E-state index >= 15 is 0 Å². The van der Waals surface area contributed by atoms with Crippen LogP contribution in [0.1, 0.15) is 101 Å². The van der Waals surface area contributed by atoms with Crippen LogP contribution in [0.4, 0.5) is 4.79 Å². The Morgan fingerprint density at radius 3 is 1.45 bits per heavy atom. The Morgan fingerprint density at radius 2 is 1.13 bits per heavy atom. The first-order valence-electron chi connectivity index (χ1n) is 13.1. The van der Waals surface area contributed by atoms with E-state index in [1.807, 2.05) is 41.5 Å². The molecule has 2 aliphatic heterocycles. The van der Waals surface area contributed by atoms with Gasteiger partial charge in [-0.25, -0.2) is 4.79 Å². The number of alkyl carbamates (subject to hydrolysis) is 1. The summed E-state index contributed by atoms with van der Waals surface area (Å²) < 4.78 is 5.27. The van der Waals surface area contributed by atoms with Gasteiger partial charge in [-0.15, -0.1) is 12.4 Å². The summed E-state index contributed by atoms with van der Waals surface area (Å²) in [6.07, 6.45) is 2.46. The summed E-state index contributed by atoms with van der Waals surface area (Å²) in [5, 5.41) is 2.79. The fraction of sp³-hybridized carbons (Fsp3) is 0.815. The fourth-order valence-electron chi connectivity index (χ4n) is 3.65. The predicted molar refractivity (Wildman–Crippen MR) is 148 cm³/mol. The molecule has 0 aromatic carbocycles. The second kappa shape index (κ2) is 14.3. The van der Waals surface area contributed by atoms with Gasteiger partial charge in [0.1, 0.15) is 5.60 Å². The molecule has 0 aliphatic carbocycles. The van der Waals surface area contributed by atoms with E-state index in [2.05, 4.69) is 5.32 Å². The van der Waals surface area contributed by atoms with Gasteiger partial charge in [0.25, 0.3) is 0 Å². The Balaban J connectivity index is 0.000000750. The Labute approximate surface area is 234 Å². The first kappa shape index (κ1) is 35.8. The lowest BCUT2D eigenvalue weighted by Gasteiger charge is -2.36. The van der Waals surface area contributed by atoms with Crippen molar-refractivity contribution in [3.05, 3.63) is 0 Å². The molecule has 2 saturated heterocycles. The minimum absolute atomic E-state index is 0. The Morgan fingerprint density at radius 1 is 0.763 bits per heavy atom. The number of rotatable bonds is 5. The second-order valence-corrected chi connectivity index (χ2v) is 13.0. The van der Waals surface area contributed by atoms with Gasteiger partial charge in [0.05, 0.1) is 6.04 Å². The zero-order chi connectivity index (χ0) is 28.8. The molecule has 220 valence electrons. The van der Waals surface area contributed by atoms with E-state index in [1.54, 1.807) is 20.8 Å². The zero-order valence-electron chi connectivity index (χ0n) is 24.6. The molecule has 0 aromatic rings. The first-order valence-corrected chi connectivity index (χ1v) is 13.1. The zero-order valence-corrected chi connectivity index (χ0v) is 25.5. The molecule has 10 nitrogen and oxygen atoms in total. The molecule has 2 rings (SSSR count). The Bertz CT molecular complexity index is 825. The Hall–Kier alpha value is -2.20. The van der Waals surface area contributed by atoms with Crippen molar-refractivity contribution in [2.24, 2.45) is 16.6 Å². The number of likely N-dealkylation sites (tertiary alicyclic amines) is 2. The van der Waals surface area contributed by atoms with Crippen LogP contribution >= 0.6 is 12.4 Å². The molecule has 0 saturated carbocycles. The van der Waals surface area contributed by atoms with Crippen molar-refractivity contribution in [3.63, 3.8) is 0 Å². The molecule has 38 heavy (non-hydrogen) atoms. The molecular weight excluding hydrogens is 512 g/mol. The lowest BCUT2D eigenvalue weighted by molar-refractivity contribution is -0.150. The smallest absolute Gasteiger partial charge is 0.407 e. The maximum Gasteiger partial charge on any atom is 0.407 e. The van der Waals surface area contributed by atoms with E-state index in [0.29, 0.717) is 45.1 Å². The van der Waals surface area contributed by atoms with Crippen molar-refractivity contribution in [1.29, 1.82) is 0 Å². The highest BCUT2D eigenvalue weighted by atomic mass is 35.5. The number of halogens is 1. The third-order valence-electron chi connectivity index (χ3n) is 6.36. The lowest BCUT2D eigenvalue weighted by Crippen LogP contribution is -2.54. The van der Waals surface area contributed by atoms with Gasteiger partial charge < -0.3 is 15.8 Å². The van der Waals surface area contributed by atoms with Crippen molar-refractivity contribution < 1.29 is 28.7 Å². The molecule has 5 amide bonds. The predicted octanol–water partition coefficient (Wildman–Crippen LogP) is 3.79. The molecule has 3 N–H and O–H groups in total. The minimum atomic E-state index is -0.594. The van der Waals surface area contributed by atoms with Crippen LogP contribution in [0, 0.1) is 10.8 Å². The van der Waals surface area contributed by atoms with Crippen LogP contribution in [-0.2, 0) is 23.9 Å². The van der Waals surface area contributed by atoms with E-state index in [0.717, 1.165) is 0 Å². The molecule has 11 heteroatoms. The highest BCUT2D eigenvalue weighted by molar-refractivity contribution is 5.98. The van der Waals surface area contributed by atoms with Crippen molar-refractivity contribution in [2.75, 3.05) is 13.1 Å². The van der Waals surface area contributed by atoms with Gasteiger partial charge in [0, 0.05) is 44.8 Å². The average molecular weight is 561 g/mol. The lowest BCUT2D eigenvalue weighted by atomic mass is 9.86. The number of piperidine rings is 2. The van der Waals surface area contributed by atoms with Gasteiger partial charge in [-0.05, 0) is 44.4 Å². The van der Waals surface area contributed by atoms with Gasteiger partial charge in [-0.2, -0.15) is 0 Å². The molecule has 2 atom stereocenters. The van der Waals surface area contributed by atoms with Crippen molar-refractivity contribution in [2.45, 2.75) is 119 Å². The first-order chi connectivity index (χ1) is 16.7. The van der Waals surface area contributed by atoms with E-state index < -0.39 is 11.7 Å². The third kappa shape index (κ3) is 12.1. The van der Waals surface area contributed by atoms with Gasteiger partial charge in [0.2, 0.25) is 23.6 Å². The van der Waals surface area contributed by atoms with Crippen LogP contribution in [0.25, 0.3) is 0 Å². The largest absolute Gasteiger partial charge is 0.444 e. The van der Waals surface area contributed by atoms with Crippen LogP contribution in [0.5, 0.6) is 0 Å². The van der Waals surface area contributed by atoms with Gasteiger partial charge in [-0.1, -0.05) is 41.5 Å². The quantitative estimate of drug-likeness (QED) is 0.488. The number of carbonyl (C=O) groups excluding carboxylic acids is 5. The number of nitrogens with two attached hydrogens (primary N) is 1. The molecule has 2 heterocycles. The number of carbonyl (C=O) groups is 5. The highest BCUT2D eigenvalue weighted by Gasteiger charge is 2.35. The molecule has 0 unspecified atom stereocenters. The molecule has 2 aliphatic rings. The van der Waals surface area contributed by atoms with Crippen LogP contribution in [0.2, 0.25) is 0 Å². The molecule has 0 spiro atoms. The third-order valence-corrected chi connectivity index (χ3v) is 6.36. The van der Waals surface area contributed by atoms with E-state index in [9.17, 15) is 24.0 Å². The fourth-order valence-corrected chi connectivity index (χ4v) is 3.65. The van der Waals surface area contributed by atoms with Crippen molar-refractivity contribution in [1.82, 2.24) is 15.1 Å². The van der Waals surface area contributed by atoms with Gasteiger partial charge in [-0.3, -0.25) is 29.0 Å². The molecule has 0 bridgehead atoms. The highest BCUT2D eigenvalue weighted by Crippen LogP contribution is 2.23. The number of nitrogens with zero attached hydrogens (tertiary/aromatic N) is 2. The summed E-state index contributed by atoms with van der Waals surface area (Å²) in [5.41, 5.74) is 4.97. The number of imide groups is 2. The summed E-state index contributed by atoms with van der Waals surface area (Å²) in [4.78, 5) is 61.5. The summed E-state index contributed by atoms with van der Waals surface area (Å²) in [6.45, 7) is 17.8. The molecule has 0 aromatic heterocycles. The SMILES string of the molecule is CC(C)(C)OC(=O)N[C@H](CN1C(=O)CCCC1=O)C(C)(C)C.CC(C)(C)[C@H](N)CN1C(=O)CCCC1=O.Cl. The van der Waals surface area contributed by atoms with Crippen LogP contribution < -0.4 is 11.1 Å². The Kier molecular flexibility index (Phi) is 13.4. The topological polar surface area (TPSA) is 139 Å². The average Bonchev–Trinajstić information content (AvgIpc) is 2.70. The van der Waals surface area contributed by atoms with E-state index in [-0.39, 0.29) is 65.5 Å².